The Morgan fingerprint density at radius 1 is 1.35 bits per heavy atom. The van der Waals surface area contributed by atoms with E-state index in [1.165, 1.54) is 6.42 Å². The van der Waals surface area contributed by atoms with Gasteiger partial charge in [-0.2, -0.15) is 0 Å². The second kappa shape index (κ2) is 5.78. The lowest BCUT2D eigenvalue weighted by Crippen LogP contribution is -2.55. The maximum Gasteiger partial charge on any atom is 0.230 e. The number of alkyl halides is 1. The molecule has 0 unspecified atom stereocenters. The van der Waals surface area contributed by atoms with Crippen molar-refractivity contribution in [2.24, 2.45) is 0 Å². The van der Waals surface area contributed by atoms with Crippen LogP contribution in [0.5, 0.6) is 0 Å². The summed E-state index contributed by atoms with van der Waals surface area (Å²) in [6.45, 7) is 0. The summed E-state index contributed by atoms with van der Waals surface area (Å²) in [7, 11) is 0. The topological polar surface area (TPSA) is 29.1 Å². The Kier molecular flexibility index (Phi) is 4.35. The molecule has 0 atom stereocenters. The Balaban J connectivity index is 1.78. The van der Waals surface area contributed by atoms with Gasteiger partial charge in [0.1, 0.15) is 0 Å². The Morgan fingerprint density at radius 2 is 2.06 bits per heavy atom. The predicted octanol–water partition coefficient (Wildman–Crippen LogP) is 3.06. The van der Waals surface area contributed by atoms with E-state index in [0.29, 0.717) is 11.6 Å². The van der Waals surface area contributed by atoms with Crippen LogP contribution in [0.15, 0.2) is 35.2 Å². The van der Waals surface area contributed by atoms with Crippen molar-refractivity contribution in [3.8, 4) is 0 Å². The Morgan fingerprint density at radius 3 is 2.59 bits per heavy atom. The minimum absolute atomic E-state index is 0.0826. The van der Waals surface area contributed by atoms with E-state index in [1.54, 1.807) is 11.8 Å². The van der Waals surface area contributed by atoms with Crippen LogP contribution in [0.4, 0.5) is 0 Å². The van der Waals surface area contributed by atoms with Crippen molar-refractivity contribution in [1.29, 1.82) is 0 Å². The second-order valence-electron chi connectivity index (χ2n) is 4.42. The average molecular weight is 270 g/mol. The monoisotopic (exact) mass is 269 g/mol. The molecule has 0 spiro atoms. The highest BCUT2D eigenvalue weighted by Gasteiger charge is 2.37. The van der Waals surface area contributed by atoms with Gasteiger partial charge in [0.25, 0.3) is 0 Å². The lowest BCUT2D eigenvalue weighted by atomic mass is 9.78. The number of thioether (sulfide) groups is 1. The molecule has 1 saturated carbocycles. The van der Waals surface area contributed by atoms with Gasteiger partial charge in [-0.15, -0.1) is 23.4 Å². The van der Waals surface area contributed by atoms with Gasteiger partial charge in [0.05, 0.1) is 11.3 Å². The fourth-order valence-electron chi connectivity index (χ4n) is 1.89. The molecule has 17 heavy (non-hydrogen) atoms. The van der Waals surface area contributed by atoms with Crippen LogP contribution >= 0.6 is 23.4 Å². The molecule has 1 amide bonds. The van der Waals surface area contributed by atoms with Crippen molar-refractivity contribution in [2.45, 2.75) is 29.7 Å². The smallest absolute Gasteiger partial charge is 0.230 e. The Labute approximate surface area is 111 Å². The minimum atomic E-state index is -0.115. The summed E-state index contributed by atoms with van der Waals surface area (Å²) in [4.78, 5) is 12.9. The number of nitrogens with one attached hydrogen (secondary N) is 1. The number of halogens is 1. The first-order valence-corrected chi connectivity index (χ1v) is 7.31. The van der Waals surface area contributed by atoms with Crippen LogP contribution in [-0.2, 0) is 4.79 Å². The van der Waals surface area contributed by atoms with E-state index in [9.17, 15) is 4.79 Å². The first-order chi connectivity index (χ1) is 8.24. The fourth-order valence-corrected chi connectivity index (χ4v) is 2.95. The average Bonchev–Trinajstić information content (AvgIpc) is 2.33. The van der Waals surface area contributed by atoms with E-state index in [4.69, 9.17) is 11.6 Å². The number of hydrogen-bond donors (Lipinski definition) is 1. The third kappa shape index (κ3) is 3.39. The number of carbonyl (C=O) groups excluding carboxylic acids is 1. The van der Waals surface area contributed by atoms with Crippen molar-refractivity contribution in [1.82, 2.24) is 5.32 Å². The maximum atomic E-state index is 11.8. The molecule has 1 N–H and O–H groups in total. The standard InChI is InChI=1S/C13H16ClNOS/c14-10-13(7-4-8-13)15-12(16)9-17-11-5-2-1-3-6-11/h1-3,5-6H,4,7-10H2,(H,15,16). The zero-order chi connectivity index (χ0) is 12.1. The second-order valence-corrected chi connectivity index (χ2v) is 5.73. The van der Waals surface area contributed by atoms with E-state index in [-0.39, 0.29) is 11.4 Å². The molecule has 0 bridgehead atoms. The van der Waals surface area contributed by atoms with Gasteiger partial charge in [0.2, 0.25) is 5.91 Å². The molecule has 0 aromatic heterocycles. The molecule has 2 nitrogen and oxygen atoms in total. The molecule has 92 valence electrons. The summed E-state index contributed by atoms with van der Waals surface area (Å²) >= 11 is 7.46. The highest BCUT2D eigenvalue weighted by Crippen LogP contribution is 2.33. The van der Waals surface area contributed by atoms with Crippen molar-refractivity contribution >= 4 is 29.3 Å². The van der Waals surface area contributed by atoms with Crippen molar-refractivity contribution in [3.05, 3.63) is 30.3 Å². The Bertz CT molecular complexity index is 373. The summed E-state index contributed by atoms with van der Waals surface area (Å²) in [5, 5.41) is 3.06. The first-order valence-electron chi connectivity index (χ1n) is 5.79. The fraction of sp³-hybridized carbons (Fsp3) is 0.462. The van der Waals surface area contributed by atoms with Gasteiger partial charge in [-0.05, 0) is 31.4 Å². The quantitative estimate of drug-likeness (QED) is 0.658. The highest BCUT2D eigenvalue weighted by atomic mass is 35.5. The van der Waals surface area contributed by atoms with E-state index in [2.05, 4.69) is 5.32 Å². The van der Waals surface area contributed by atoms with Crippen molar-refractivity contribution in [2.75, 3.05) is 11.6 Å². The predicted molar refractivity (Wildman–Crippen MR) is 72.6 cm³/mol. The molecular weight excluding hydrogens is 254 g/mol. The summed E-state index contributed by atoms with van der Waals surface area (Å²) in [5.74, 6) is 1.07. The van der Waals surface area contributed by atoms with Crippen LogP contribution in [0.25, 0.3) is 0 Å². The molecule has 0 radical (unpaired) electrons. The van der Waals surface area contributed by atoms with Gasteiger partial charge in [0.15, 0.2) is 0 Å². The van der Waals surface area contributed by atoms with Crippen LogP contribution in [0.3, 0.4) is 0 Å². The van der Waals surface area contributed by atoms with Crippen LogP contribution in [0.1, 0.15) is 19.3 Å². The summed E-state index contributed by atoms with van der Waals surface area (Å²) in [6.07, 6.45) is 3.19. The third-order valence-corrected chi connectivity index (χ3v) is 4.61. The van der Waals surface area contributed by atoms with Gasteiger partial charge in [-0.25, -0.2) is 0 Å². The highest BCUT2D eigenvalue weighted by molar-refractivity contribution is 8.00. The maximum absolute atomic E-state index is 11.8. The molecular formula is C13H16ClNOS. The van der Waals surface area contributed by atoms with E-state index in [0.717, 1.165) is 17.7 Å². The number of carbonyl (C=O) groups is 1. The first kappa shape index (κ1) is 12.8. The van der Waals surface area contributed by atoms with Gasteiger partial charge < -0.3 is 5.32 Å². The SMILES string of the molecule is O=C(CSc1ccccc1)NC1(CCl)CCC1. The summed E-state index contributed by atoms with van der Waals surface area (Å²) in [6, 6.07) is 9.96. The lowest BCUT2D eigenvalue weighted by molar-refractivity contribution is -0.121. The van der Waals surface area contributed by atoms with E-state index < -0.39 is 0 Å². The molecule has 0 saturated heterocycles. The molecule has 0 heterocycles. The molecule has 1 aliphatic carbocycles. The molecule has 1 aromatic rings. The molecule has 0 aliphatic heterocycles. The van der Waals surface area contributed by atoms with Crippen LogP contribution in [0, 0.1) is 0 Å². The minimum Gasteiger partial charge on any atom is -0.349 e. The van der Waals surface area contributed by atoms with Crippen molar-refractivity contribution < 1.29 is 4.79 Å². The van der Waals surface area contributed by atoms with Crippen LogP contribution in [0.2, 0.25) is 0 Å². The van der Waals surface area contributed by atoms with Gasteiger partial charge >= 0.3 is 0 Å². The molecule has 1 aliphatic rings. The van der Waals surface area contributed by atoms with E-state index >= 15 is 0 Å². The van der Waals surface area contributed by atoms with Crippen LogP contribution in [-0.4, -0.2) is 23.1 Å². The van der Waals surface area contributed by atoms with Gasteiger partial charge in [-0.3, -0.25) is 4.79 Å². The van der Waals surface area contributed by atoms with Crippen LogP contribution < -0.4 is 5.32 Å². The van der Waals surface area contributed by atoms with E-state index in [1.807, 2.05) is 30.3 Å². The molecule has 4 heteroatoms. The zero-order valence-electron chi connectivity index (χ0n) is 9.62. The third-order valence-electron chi connectivity index (χ3n) is 3.08. The number of amides is 1. The van der Waals surface area contributed by atoms with Crippen molar-refractivity contribution in [3.63, 3.8) is 0 Å². The lowest BCUT2D eigenvalue weighted by Gasteiger charge is -2.40. The van der Waals surface area contributed by atoms with Gasteiger partial charge in [-0.1, -0.05) is 18.2 Å². The zero-order valence-corrected chi connectivity index (χ0v) is 11.2. The summed E-state index contributed by atoms with van der Waals surface area (Å²) < 4.78 is 0. The molecule has 1 fully saturated rings. The van der Waals surface area contributed by atoms with Gasteiger partial charge in [0, 0.05) is 10.8 Å². The largest absolute Gasteiger partial charge is 0.349 e. The Hall–Kier alpha value is -0.670. The number of rotatable bonds is 5. The number of hydrogen-bond acceptors (Lipinski definition) is 2. The normalized spacial score (nSPS) is 17.2. The molecule has 1 aromatic carbocycles. The molecule has 2 rings (SSSR count). The number of benzene rings is 1. The summed E-state index contributed by atoms with van der Waals surface area (Å²) in [5.41, 5.74) is -0.115.